The van der Waals surface area contributed by atoms with Crippen LogP contribution in [0.4, 0.5) is 0 Å². The summed E-state index contributed by atoms with van der Waals surface area (Å²) in [6, 6.07) is 67.5. The molecule has 2 aliphatic rings. The summed E-state index contributed by atoms with van der Waals surface area (Å²) in [6.45, 7) is 0. The van der Waals surface area contributed by atoms with Crippen molar-refractivity contribution in [1.29, 1.82) is 0 Å². The van der Waals surface area contributed by atoms with E-state index in [-0.39, 0.29) is 6.04 Å². The molecule has 3 nitrogen and oxygen atoms in total. The van der Waals surface area contributed by atoms with Crippen LogP contribution < -0.4 is 11.3 Å². The summed E-state index contributed by atoms with van der Waals surface area (Å²) in [4.78, 5) is 5.42. The molecule has 1 unspecified atom stereocenters. The zero-order valence-corrected chi connectivity index (χ0v) is 30.4. The molecule has 3 N–H and O–H groups in total. The average molecular weight is 706 g/mol. The van der Waals surface area contributed by atoms with Crippen LogP contribution in [0.5, 0.6) is 0 Å². The Hall–Kier alpha value is -6.81. The van der Waals surface area contributed by atoms with Crippen molar-refractivity contribution in [3.05, 3.63) is 227 Å². The molecule has 8 aromatic carbocycles. The second kappa shape index (κ2) is 13.9. The van der Waals surface area contributed by atoms with Gasteiger partial charge in [0.05, 0.1) is 0 Å². The van der Waals surface area contributed by atoms with Crippen molar-refractivity contribution < 1.29 is 0 Å². The lowest BCUT2D eigenvalue weighted by Gasteiger charge is -2.19. The van der Waals surface area contributed by atoms with Crippen molar-refractivity contribution in [2.45, 2.75) is 18.9 Å². The van der Waals surface area contributed by atoms with Crippen molar-refractivity contribution >= 4 is 5.84 Å². The van der Waals surface area contributed by atoms with Crippen molar-refractivity contribution in [2.24, 2.45) is 10.8 Å². The largest absolute Gasteiger partial charge is 0.308 e. The molecule has 3 heteroatoms. The summed E-state index contributed by atoms with van der Waals surface area (Å²) in [7, 11) is 0. The predicted molar refractivity (Wildman–Crippen MR) is 228 cm³/mol. The Labute approximate surface area is 322 Å². The van der Waals surface area contributed by atoms with Crippen LogP contribution in [0.3, 0.4) is 0 Å². The lowest BCUT2D eigenvalue weighted by atomic mass is 9.93. The summed E-state index contributed by atoms with van der Waals surface area (Å²) >= 11 is 0. The Kier molecular flexibility index (Phi) is 8.28. The van der Waals surface area contributed by atoms with Gasteiger partial charge in [-0.1, -0.05) is 176 Å². The summed E-state index contributed by atoms with van der Waals surface area (Å²) in [5, 5.41) is 0. The van der Waals surface area contributed by atoms with Gasteiger partial charge in [-0.05, 0) is 114 Å². The first-order valence-corrected chi connectivity index (χ1v) is 19.0. The molecule has 262 valence electrons. The normalized spacial score (nSPS) is 13.1. The fourth-order valence-electron chi connectivity index (χ4n) is 8.61. The van der Waals surface area contributed by atoms with Gasteiger partial charge in [0.2, 0.25) is 0 Å². The van der Waals surface area contributed by atoms with E-state index in [0.717, 1.165) is 35.1 Å². The van der Waals surface area contributed by atoms with Crippen LogP contribution in [0.2, 0.25) is 0 Å². The summed E-state index contributed by atoms with van der Waals surface area (Å²) in [5.41, 5.74) is 24.2. The van der Waals surface area contributed by atoms with Gasteiger partial charge in [-0.25, -0.2) is 5.84 Å². The summed E-state index contributed by atoms with van der Waals surface area (Å²) in [5.74, 6) is 6.97. The molecule has 0 heterocycles. The highest BCUT2D eigenvalue weighted by Crippen LogP contribution is 2.44. The highest BCUT2D eigenvalue weighted by molar-refractivity contribution is 5.99. The molecule has 10 rings (SSSR count). The second-order valence-corrected chi connectivity index (χ2v) is 14.6. The number of benzene rings is 8. The van der Waals surface area contributed by atoms with Crippen LogP contribution in [0.1, 0.15) is 45.0 Å². The monoisotopic (exact) mass is 705 g/mol. The third-order valence-corrected chi connectivity index (χ3v) is 11.4. The SMILES string of the molecule is NN/C(=N\C(c1cccc(-c2ccccc2)c1)c1ccc2c(c1)Cc1ccccc1-2)c1ccc(-c2cccc3c2Cc2ccc(-c4ccccc4)cc2-3)cc1. The molecule has 0 fully saturated rings. The molecule has 8 aromatic rings. The minimum atomic E-state index is -0.278. The number of nitrogens with one attached hydrogen (secondary N) is 1. The third-order valence-electron chi connectivity index (χ3n) is 11.4. The molecular formula is C52H39N3. The molecular weight excluding hydrogens is 667 g/mol. The van der Waals surface area contributed by atoms with Crippen LogP contribution in [0.15, 0.2) is 193 Å². The van der Waals surface area contributed by atoms with E-state index in [9.17, 15) is 0 Å². The highest BCUT2D eigenvalue weighted by Gasteiger charge is 2.24. The van der Waals surface area contributed by atoms with Gasteiger partial charge in [0.1, 0.15) is 11.9 Å². The smallest absolute Gasteiger partial charge is 0.143 e. The maximum Gasteiger partial charge on any atom is 0.143 e. The van der Waals surface area contributed by atoms with E-state index in [1.54, 1.807) is 0 Å². The number of aliphatic imine (C=N–C) groups is 1. The van der Waals surface area contributed by atoms with E-state index in [0.29, 0.717) is 5.84 Å². The van der Waals surface area contributed by atoms with E-state index >= 15 is 0 Å². The van der Waals surface area contributed by atoms with Crippen molar-refractivity contribution in [3.63, 3.8) is 0 Å². The van der Waals surface area contributed by atoms with E-state index in [4.69, 9.17) is 10.8 Å². The van der Waals surface area contributed by atoms with Gasteiger partial charge >= 0.3 is 0 Å². The van der Waals surface area contributed by atoms with Crippen LogP contribution in [0, 0.1) is 0 Å². The Bertz CT molecular complexity index is 2730. The van der Waals surface area contributed by atoms with Gasteiger partial charge in [0.25, 0.3) is 0 Å². The predicted octanol–water partition coefficient (Wildman–Crippen LogP) is 11.8. The standard InChI is InChI=1S/C52H39N3/c53-55-52(37-23-21-36(22-24-37)45-19-10-20-48-49-32-39(35-13-5-2-6-14-35)25-26-41(49)33-50(45)48)54-51(42-17-9-16-38(29-42)34-11-3-1-4-12-34)43-27-28-47-44(31-43)30-40-15-7-8-18-46(40)47/h1-29,31-32,51H,30,33,53H2,(H,54,55). The van der Waals surface area contributed by atoms with E-state index in [1.165, 1.54) is 72.3 Å². The summed E-state index contributed by atoms with van der Waals surface area (Å²) in [6.07, 6.45) is 1.84. The van der Waals surface area contributed by atoms with Crippen LogP contribution in [0.25, 0.3) is 55.6 Å². The first-order chi connectivity index (χ1) is 27.2. The minimum absolute atomic E-state index is 0.278. The third kappa shape index (κ3) is 6.05. The number of nitrogens with two attached hydrogens (primary N) is 1. The molecule has 55 heavy (non-hydrogen) atoms. The number of rotatable bonds is 7. The van der Waals surface area contributed by atoms with Crippen LogP contribution >= 0.6 is 0 Å². The van der Waals surface area contributed by atoms with Gasteiger partial charge in [-0.15, -0.1) is 0 Å². The number of hydrogen-bond acceptors (Lipinski definition) is 2. The topological polar surface area (TPSA) is 50.4 Å². The van der Waals surface area contributed by atoms with E-state index in [2.05, 4.69) is 193 Å². The molecule has 0 saturated heterocycles. The zero-order chi connectivity index (χ0) is 36.7. The average Bonchev–Trinajstić information content (AvgIpc) is 3.83. The fraction of sp³-hybridized carbons (Fsp3) is 0.0577. The van der Waals surface area contributed by atoms with Crippen LogP contribution in [-0.2, 0) is 12.8 Å². The Balaban J connectivity index is 1.01. The number of amidine groups is 1. The lowest BCUT2D eigenvalue weighted by molar-refractivity contribution is 0.851. The maximum absolute atomic E-state index is 6.32. The molecule has 0 aliphatic heterocycles. The van der Waals surface area contributed by atoms with Gasteiger partial charge in [0.15, 0.2) is 0 Å². The quantitative estimate of drug-likeness (QED) is 0.0751. The molecule has 1 atom stereocenters. The van der Waals surface area contributed by atoms with Crippen molar-refractivity contribution in [3.8, 4) is 55.6 Å². The second-order valence-electron chi connectivity index (χ2n) is 14.6. The van der Waals surface area contributed by atoms with Gasteiger partial charge in [-0.3, -0.25) is 4.99 Å². The van der Waals surface area contributed by atoms with Gasteiger partial charge in [-0.2, -0.15) is 0 Å². The zero-order valence-electron chi connectivity index (χ0n) is 30.4. The first kappa shape index (κ1) is 32.8. The van der Waals surface area contributed by atoms with Crippen molar-refractivity contribution in [2.75, 3.05) is 0 Å². The molecule has 0 aromatic heterocycles. The van der Waals surface area contributed by atoms with Gasteiger partial charge in [0, 0.05) is 5.56 Å². The fourth-order valence-corrected chi connectivity index (χ4v) is 8.61. The number of hydrazine groups is 1. The minimum Gasteiger partial charge on any atom is -0.308 e. The Morgan fingerprint density at radius 3 is 1.80 bits per heavy atom. The molecule has 0 spiro atoms. The number of hydrogen-bond donors (Lipinski definition) is 2. The van der Waals surface area contributed by atoms with E-state index < -0.39 is 0 Å². The highest BCUT2D eigenvalue weighted by atomic mass is 15.3. The Morgan fingerprint density at radius 2 is 1.02 bits per heavy atom. The maximum atomic E-state index is 6.32. The molecule has 0 saturated carbocycles. The molecule has 0 radical (unpaired) electrons. The van der Waals surface area contributed by atoms with E-state index in [1.807, 2.05) is 0 Å². The Morgan fingerprint density at radius 1 is 0.418 bits per heavy atom. The number of nitrogens with zero attached hydrogens (tertiary/aromatic N) is 1. The van der Waals surface area contributed by atoms with Crippen molar-refractivity contribution in [1.82, 2.24) is 5.43 Å². The molecule has 0 bridgehead atoms. The van der Waals surface area contributed by atoms with Crippen LogP contribution in [-0.4, -0.2) is 5.84 Å². The van der Waals surface area contributed by atoms with Gasteiger partial charge < -0.3 is 5.43 Å². The molecule has 2 aliphatic carbocycles. The molecule has 0 amide bonds. The summed E-state index contributed by atoms with van der Waals surface area (Å²) < 4.78 is 0. The first-order valence-electron chi connectivity index (χ1n) is 19.0. The lowest BCUT2D eigenvalue weighted by Crippen LogP contribution is -2.31. The number of fused-ring (bicyclic) bond motifs is 6.